The number of nitrogens with zero attached hydrogens (tertiary/aromatic N) is 2. The van der Waals surface area contributed by atoms with Gasteiger partial charge in [0.05, 0.1) is 0 Å². The predicted molar refractivity (Wildman–Crippen MR) is 223 cm³/mol. The molecule has 2 heteroatoms. The summed E-state index contributed by atoms with van der Waals surface area (Å²) in [5.74, 6) is 0. The fourth-order valence-corrected chi connectivity index (χ4v) is 8.13. The van der Waals surface area contributed by atoms with Gasteiger partial charge in [0.2, 0.25) is 0 Å². The lowest BCUT2D eigenvalue weighted by Gasteiger charge is -2.33. The molecule has 0 saturated carbocycles. The Balaban J connectivity index is 2.21. The summed E-state index contributed by atoms with van der Waals surface area (Å²) < 4.78 is 0. The molecule has 2 nitrogen and oxygen atoms in total. The van der Waals surface area contributed by atoms with Crippen LogP contribution in [0.15, 0.2) is 12.4 Å². The van der Waals surface area contributed by atoms with Crippen LogP contribution in [-0.2, 0) is 0 Å². The minimum absolute atomic E-state index is 0.637. The van der Waals surface area contributed by atoms with Crippen molar-refractivity contribution in [2.45, 2.75) is 277 Å². The lowest BCUT2D eigenvalue weighted by molar-refractivity contribution is 0.135. The van der Waals surface area contributed by atoms with Gasteiger partial charge in [-0.1, -0.05) is 245 Å². The van der Waals surface area contributed by atoms with Crippen LogP contribution >= 0.6 is 0 Å². The van der Waals surface area contributed by atoms with Crippen LogP contribution < -0.4 is 0 Å². The lowest BCUT2D eigenvalue weighted by Crippen LogP contribution is -2.39. The molecule has 0 aromatic carbocycles. The van der Waals surface area contributed by atoms with Crippen LogP contribution in [-0.4, -0.2) is 29.1 Å². The Hall–Kier alpha value is -0.660. The largest absolute Gasteiger partial charge is 0.356 e. The van der Waals surface area contributed by atoms with Crippen LogP contribution in [0.1, 0.15) is 271 Å². The van der Waals surface area contributed by atoms with Gasteiger partial charge in [0, 0.05) is 25.5 Å². The third-order valence-electron chi connectivity index (χ3n) is 11.6. The fraction of sp³-hybridized carbons (Fsp3) is 0.957. The van der Waals surface area contributed by atoms with Crippen molar-refractivity contribution >= 4 is 0 Å². The first-order valence-electron chi connectivity index (χ1n) is 23.5. The van der Waals surface area contributed by atoms with Gasteiger partial charge < -0.3 is 9.80 Å². The van der Waals surface area contributed by atoms with E-state index in [1.54, 1.807) is 0 Å². The van der Waals surface area contributed by atoms with Gasteiger partial charge in [-0.3, -0.25) is 0 Å². The average molecular weight is 687 g/mol. The van der Waals surface area contributed by atoms with Crippen molar-refractivity contribution in [3.05, 3.63) is 12.4 Å². The lowest BCUT2D eigenvalue weighted by atomic mass is 10.0. The minimum Gasteiger partial charge on any atom is -0.356 e. The van der Waals surface area contributed by atoms with Gasteiger partial charge in [-0.2, -0.15) is 0 Å². The van der Waals surface area contributed by atoms with E-state index in [0.717, 1.165) is 0 Å². The van der Waals surface area contributed by atoms with Crippen molar-refractivity contribution in [2.75, 3.05) is 13.1 Å². The quantitative estimate of drug-likeness (QED) is 0.0591. The molecule has 0 radical (unpaired) electrons. The summed E-state index contributed by atoms with van der Waals surface area (Å²) in [7, 11) is 0. The maximum Gasteiger partial charge on any atom is 0.101 e. The van der Waals surface area contributed by atoms with E-state index >= 15 is 0 Å². The van der Waals surface area contributed by atoms with Gasteiger partial charge in [0.25, 0.3) is 0 Å². The molecule has 0 amide bonds. The second kappa shape index (κ2) is 38.6. The SMILES string of the molecule is CCCCCCCCCCCCCCCCC1N(CCCCCCCCCCCCCC)C=CN1CCCCCCCCCCCCCC. The molecule has 0 aliphatic carbocycles. The van der Waals surface area contributed by atoms with Crippen LogP contribution in [0.25, 0.3) is 0 Å². The summed E-state index contributed by atoms with van der Waals surface area (Å²) in [6, 6.07) is 0. The second-order valence-corrected chi connectivity index (χ2v) is 16.4. The van der Waals surface area contributed by atoms with E-state index in [9.17, 15) is 0 Å². The summed E-state index contributed by atoms with van der Waals surface area (Å²) in [5.41, 5.74) is 0. The molecule has 292 valence electrons. The Morgan fingerprint density at radius 1 is 0.265 bits per heavy atom. The van der Waals surface area contributed by atoms with E-state index in [1.165, 1.54) is 264 Å². The Bertz CT molecular complexity index is 606. The summed E-state index contributed by atoms with van der Waals surface area (Å²) in [6.45, 7) is 9.49. The molecule has 0 saturated heterocycles. The molecule has 0 aromatic heterocycles. The molecular weight excluding hydrogens is 593 g/mol. The number of hydrogen-bond donors (Lipinski definition) is 0. The fourth-order valence-electron chi connectivity index (χ4n) is 8.13. The summed E-state index contributed by atoms with van der Waals surface area (Å²) in [5, 5.41) is 0. The van der Waals surface area contributed by atoms with Crippen molar-refractivity contribution in [1.29, 1.82) is 0 Å². The Morgan fingerprint density at radius 2 is 0.469 bits per heavy atom. The first kappa shape index (κ1) is 46.4. The van der Waals surface area contributed by atoms with Crippen molar-refractivity contribution in [3.8, 4) is 0 Å². The zero-order valence-electron chi connectivity index (χ0n) is 34.6. The first-order chi connectivity index (χ1) is 24.3. The van der Waals surface area contributed by atoms with Crippen LogP contribution in [0, 0.1) is 0 Å². The average Bonchev–Trinajstić information content (AvgIpc) is 3.50. The molecule has 0 fully saturated rings. The van der Waals surface area contributed by atoms with Gasteiger partial charge in [-0.05, 0) is 25.7 Å². The van der Waals surface area contributed by atoms with Crippen LogP contribution in [0.4, 0.5) is 0 Å². The van der Waals surface area contributed by atoms with Crippen molar-refractivity contribution in [1.82, 2.24) is 9.80 Å². The van der Waals surface area contributed by atoms with E-state index in [1.807, 2.05) is 0 Å². The molecule has 0 spiro atoms. The molecular formula is C47H94N2. The smallest absolute Gasteiger partial charge is 0.101 e. The molecule has 1 heterocycles. The minimum atomic E-state index is 0.637. The Kier molecular flexibility index (Phi) is 36.5. The highest BCUT2D eigenvalue weighted by atomic mass is 15.4. The van der Waals surface area contributed by atoms with Crippen LogP contribution in [0.5, 0.6) is 0 Å². The maximum absolute atomic E-state index is 2.74. The van der Waals surface area contributed by atoms with E-state index < -0.39 is 0 Å². The highest BCUT2D eigenvalue weighted by Crippen LogP contribution is 2.24. The van der Waals surface area contributed by atoms with Crippen molar-refractivity contribution in [3.63, 3.8) is 0 Å². The Labute approximate surface area is 311 Å². The monoisotopic (exact) mass is 687 g/mol. The number of unbranched alkanes of at least 4 members (excludes halogenated alkanes) is 35. The highest BCUT2D eigenvalue weighted by Gasteiger charge is 2.24. The maximum atomic E-state index is 2.74. The van der Waals surface area contributed by atoms with Gasteiger partial charge in [-0.15, -0.1) is 0 Å². The summed E-state index contributed by atoms with van der Waals surface area (Å²) >= 11 is 0. The van der Waals surface area contributed by atoms with Crippen LogP contribution in [0.2, 0.25) is 0 Å². The van der Waals surface area contributed by atoms with Crippen molar-refractivity contribution in [2.24, 2.45) is 0 Å². The number of rotatable bonds is 41. The molecule has 0 unspecified atom stereocenters. The summed E-state index contributed by atoms with van der Waals surface area (Å²) in [6.07, 6.45) is 61.9. The summed E-state index contributed by atoms with van der Waals surface area (Å²) in [4.78, 5) is 5.47. The first-order valence-corrected chi connectivity index (χ1v) is 23.5. The second-order valence-electron chi connectivity index (χ2n) is 16.4. The van der Waals surface area contributed by atoms with E-state index in [2.05, 4.69) is 43.0 Å². The standard InChI is InChI=1S/C47H94N2/c1-4-7-10-13-16-19-22-25-26-27-30-33-36-39-42-47-48(43-40-37-34-31-28-23-20-17-14-11-8-5-2)45-46-49(47)44-41-38-35-32-29-24-21-18-15-12-9-6-3/h45-47H,4-44H2,1-3H3. The van der Waals surface area contributed by atoms with Gasteiger partial charge in [0.15, 0.2) is 0 Å². The normalized spacial score (nSPS) is 13.4. The predicted octanol–water partition coefficient (Wildman–Crippen LogP) is 16.7. The third-order valence-corrected chi connectivity index (χ3v) is 11.6. The molecule has 1 aliphatic rings. The van der Waals surface area contributed by atoms with E-state index in [4.69, 9.17) is 0 Å². The van der Waals surface area contributed by atoms with Gasteiger partial charge >= 0.3 is 0 Å². The topological polar surface area (TPSA) is 6.48 Å². The molecule has 0 N–H and O–H groups in total. The molecule has 0 atom stereocenters. The van der Waals surface area contributed by atoms with E-state index in [0.29, 0.717) is 6.17 Å². The molecule has 0 aromatic rings. The number of hydrogen-bond acceptors (Lipinski definition) is 2. The molecule has 0 bridgehead atoms. The zero-order valence-corrected chi connectivity index (χ0v) is 34.6. The van der Waals surface area contributed by atoms with Gasteiger partial charge in [-0.25, -0.2) is 0 Å². The van der Waals surface area contributed by atoms with E-state index in [-0.39, 0.29) is 0 Å². The zero-order chi connectivity index (χ0) is 35.1. The van der Waals surface area contributed by atoms with Crippen molar-refractivity contribution < 1.29 is 0 Å². The molecule has 1 rings (SSSR count). The molecule has 49 heavy (non-hydrogen) atoms. The third kappa shape index (κ3) is 30.7. The van der Waals surface area contributed by atoms with Crippen LogP contribution in [0.3, 0.4) is 0 Å². The highest BCUT2D eigenvalue weighted by molar-refractivity contribution is 4.97. The van der Waals surface area contributed by atoms with Gasteiger partial charge in [0.1, 0.15) is 6.17 Å². The Morgan fingerprint density at radius 3 is 0.714 bits per heavy atom. The molecule has 1 aliphatic heterocycles.